The SMILES string of the molecule is CCN(C(C)C)C(CN)c1ccc(OC)nc1. The zero-order chi connectivity index (χ0) is 12.8. The van der Waals surface area contributed by atoms with Crippen LogP contribution in [0.15, 0.2) is 18.3 Å². The molecule has 0 aliphatic carbocycles. The highest BCUT2D eigenvalue weighted by Gasteiger charge is 2.20. The van der Waals surface area contributed by atoms with Crippen LogP contribution in [0.4, 0.5) is 0 Å². The molecular weight excluding hydrogens is 214 g/mol. The van der Waals surface area contributed by atoms with Gasteiger partial charge in [0.1, 0.15) is 0 Å². The monoisotopic (exact) mass is 237 g/mol. The third-order valence-electron chi connectivity index (χ3n) is 3.01. The van der Waals surface area contributed by atoms with Crippen molar-refractivity contribution < 1.29 is 4.74 Å². The Morgan fingerprint density at radius 1 is 1.41 bits per heavy atom. The number of aromatic nitrogens is 1. The summed E-state index contributed by atoms with van der Waals surface area (Å²) in [5.41, 5.74) is 7.03. The summed E-state index contributed by atoms with van der Waals surface area (Å²) in [6.45, 7) is 8.09. The van der Waals surface area contributed by atoms with Crippen LogP contribution in [0.5, 0.6) is 5.88 Å². The van der Waals surface area contributed by atoms with E-state index in [2.05, 4.69) is 30.7 Å². The summed E-state index contributed by atoms with van der Waals surface area (Å²) in [6, 6.07) is 4.61. The lowest BCUT2D eigenvalue weighted by molar-refractivity contribution is 0.166. The van der Waals surface area contributed by atoms with Gasteiger partial charge in [0.15, 0.2) is 0 Å². The normalized spacial score (nSPS) is 13.1. The van der Waals surface area contributed by atoms with E-state index in [0.29, 0.717) is 18.5 Å². The zero-order valence-corrected chi connectivity index (χ0v) is 11.2. The van der Waals surface area contributed by atoms with Crippen LogP contribution in [0.3, 0.4) is 0 Å². The molecule has 0 aromatic carbocycles. The van der Waals surface area contributed by atoms with Crippen molar-refractivity contribution in [3.63, 3.8) is 0 Å². The highest BCUT2D eigenvalue weighted by molar-refractivity contribution is 5.21. The average Bonchev–Trinajstić information content (AvgIpc) is 2.35. The van der Waals surface area contributed by atoms with E-state index in [1.807, 2.05) is 18.3 Å². The minimum absolute atomic E-state index is 0.221. The predicted octanol–water partition coefficient (Wildman–Crippen LogP) is 1.82. The van der Waals surface area contributed by atoms with Crippen LogP contribution in [-0.2, 0) is 0 Å². The first-order valence-electron chi connectivity index (χ1n) is 6.09. The number of pyridine rings is 1. The van der Waals surface area contributed by atoms with Crippen LogP contribution in [0, 0.1) is 0 Å². The van der Waals surface area contributed by atoms with Gasteiger partial charge in [0, 0.05) is 30.9 Å². The quantitative estimate of drug-likeness (QED) is 0.820. The van der Waals surface area contributed by atoms with Crippen molar-refractivity contribution in [3.05, 3.63) is 23.9 Å². The Hall–Kier alpha value is -1.13. The number of hydrogen-bond donors (Lipinski definition) is 1. The first kappa shape index (κ1) is 13.9. The van der Waals surface area contributed by atoms with Crippen molar-refractivity contribution in [3.8, 4) is 5.88 Å². The van der Waals surface area contributed by atoms with Gasteiger partial charge in [-0.05, 0) is 26.0 Å². The van der Waals surface area contributed by atoms with Crippen molar-refractivity contribution in [2.75, 3.05) is 20.2 Å². The molecule has 0 amide bonds. The molecule has 1 heterocycles. The Balaban J connectivity index is 2.91. The first-order valence-corrected chi connectivity index (χ1v) is 6.09. The molecule has 4 nitrogen and oxygen atoms in total. The summed E-state index contributed by atoms with van der Waals surface area (Å²) in [5.74, 6) is 0.636. The summed E-state index contributed by atoms with van der Waals surface area (Å²) in [6.07, 6.45) is 1.85. The van der Waals surface area contributed by atoms with Crippen LogP contribution >= 0.6 is 0 Å². The number of nitrogens with zero attached hydrogens (tertiary/aromatic N) is 2. The second-order valence-electron chi connectivity index (χ2n) is 4.31. The summed E-state index contributed by atoms with van der Waals surface area (Å²) in [5, 5.41) is 0. The van der Waals surface area contributed by atoms with Gasteiger partial charge in [0.2, 0.25) is 5.88 Å². The lowest BCUT2D eigenvalue weighted by Gasteiger charge is -2.33. The Bertz CT molecular complexity index is 324. The van der Waals surface area contributed by atoms with E-state index < -0.39 is 0 Å². The van der Waals surface area contributed by atoms with Crippen molar-refractivity contribution in [2.24, 2.45) is 5.73 Å². The second kappa shape index (κ2) is 6.57. The molecule has 1 atom stereocenters. The maximum Gasteiger partial charge on any atom is 0.212 e. The largest absolute Gasteiger partial charge is 0.481 e. The summed E-state index contributed by atoms with van der Waals surface area (Å²) < 4.78 is 5.06. The zero-order valence-electron chi connectivity index (χ0n) is 11.2. The van der Waals surface area contributed by atoms with Crippen molar-refractivity contribution in [2.45, 2.75) is 32.9 Å². The van der Waals surface area contributed by atoms with Gasteiger partial charge in [-0.3, -0.25) is 4.90 Å². The number of likely N-dealkylation sites (N-methyl/N-ethyl adjacent to an activating group) is 1. The summed E-state index contributed by atoms with van der Waals surface area (Å²) in [7, 11) is 1.62. The average molecular weight is 237 g/mol. The number of hydrogen-bond acceptors (Lipinski definition) is 4. The molecule has 96 valence electrons. The fraction of sp³-hybridized carbons (Fsp3) is 0.615. The maximum absolute atomic E-state index is 5.89. The van der Waals surface area contributed by atoms with Gasteiger partial charge in [-0.2, -0.15) is 0 Å². The standard InChI is InChI=1S/C13H23N3O/c1-5-16(10(2)3)12(8-14)11-6-7-13(17-4)15-9-11/h6-7,9-10,12H,5,8,14H2,1-4H3. The van der Waals surface area contributed by atoms with Crippen molar-refractivity contribution in [1.29, 1.82) is 0 Å². The molecule has 0 aliphatic heterocycles. The molecule has 4 heteroatoms. The Kier molecular flexibility index (Phi) is 5.38. The highest BCUT2D eigenvalue weighted by atomic mass is 16.5. The van der Waals surface area contributed by atoms with E-state index in [0.717, 1.165) is 12.1 Å². The predicted molar refractivity (Wildman–Crippen MR) is 70.1 cm³/mol. The van der Waals surface area contributed by atoms with Crippen LogP contribution in [0.2, 0.25) is 0 Å². The van der Waals surface area contributed by atoms with Gasteiger partial charge in [0.25, 0.3) is 0 Å². The molecule has 1 unspecified atom stereocenters. The van der Waals surface area contributed by atoms with Crippen LogP contribution in [-0.4, -0.2) is 36.1 Å². The highest BCUT2D eigenvalue weighted by Crippen LogP contribution is 2.22. The Labute approximate surface area is 104 Å². The molecule has 2 N–H and O–H groups in total. The van der Waals surface area contributed by atoms with Gasteiger partial charge >= 0.3 is 0 Å². The molecule has 0 saturated heterocycles. The fourth-order valence-corrected chi connectivity index (χ4v) is 2.12. The Morgan fingerprint density at radius 3 is 2.47 bits per heavy atom. The molecule has 1 rings (SSSR count). The first-order chi connectivity index (χ1) is 8.13. The van der Waals surface area contributed by atoms with E-state index in [9.17, 15) is 0 Å². The minimum atomic E-state index is 0.221. The fourth-order valence-electron chi connectivity index (χ4n) is 2.12. The topological polar surface area (TPSA) is 51.4 Å². The van der Waals surface area contributed by atoms with E-state index in [1.165, 1.54) is 0 Å². The number of nitrogens with two attached hydrogens (primary N) is 1. The molecule has 0 fully saturated rings. The molecule has 0 spiro atoms. The Morgan fingerprint density at radius 2 is 2.12 bits per heavy atom. The van der Waals surface area contributed by atoms with Gasteiger partial charge in [-0.25, -0.2) is 4.98 Å². The van der Waals surface area contributed by atoms with Crippen LogP contribution in [0.25, 0.3) is 0 Å². The third kappa shape index (κ3) is 3.41. The summed E-state index contributed by atoms with van der Waals surface area (Å²) >= 11 is 0. The van der Waals surface area contributed by atoms with E-state index in [4.69, 9.17) is 10.5 Å². The second-order valence-corrected chi connectivity index (χ2v) is 4.31. The molecule has 0 radical (unpaired) electrons. The molecule has 1 aromatic rings. The number of ether oxygens (including phenoxy) is 1. The number of methoxy groups -OCH3 is 1. The van der Waals surface area contributed by atoms with Gasteiger partial charge in [-0.15, -0.1) is 0 Å². The summed E-state index contributed by atoms with van der Waals surface area (Å²) in [4.78, 5) is 6.60. The van der Waals surface area contributed by atoms with E-state index in [-0.39, 0.29) is 6.04 Å². The van der Waals surface area contributed by atoms with Crippen LogP contribution < -0.4 is 10.5 Å². The smallest absolute Gasteiger partial charge is 0.212 e. The molecular formula is C13H23N3O. The maximum atomic E-state index is 5.89. The lowest BCUT2D eigenvalue weighted by Crippen LogP contribution is -2.38. The van der Waals surface area contributed by atoms with Gasteiger partial charge < -0.3 is 10.5 Å². The van der Waals surface area contributed by atoms with Crippen molar-refractivity contribution in [1.82, 2.24) is 9.88 Å². The van der Waals surface area contributed by atoms with E-state index in [1.54, 1.807) is 7.11 Å². The third-order valence-corrected chi connectivity index (χ3v) is 3.01. The van der Waals surface area contributed by atoms with Crippen LogP contribution in [0.1, 0.15) is 32.4 Å². The van der Waals surface area contributed by atoms with Gasteiger partial charge in [0.05, 0.1) is 7.11 Å². The van der Waals surface area contributed by atoms with Crippen molar-refractivity contribution >= 4 is 0 Å². The number of rotatable bonds is 6. The molecule has 0 saturated carbocycles. The molecule has 17 heavy (non-hydrogen) atoms. The lowest BCUT2D eigenvalue weighted by atomic mass is 10.1. The molecule has 0 bridgehead atoms. The van der Waals surface area contributed by atoms with Gasteiger partial charge in [-0.1, -0.05) is 13.0 Å². The molecule has 1 aromatic heterocycles. The molecule has 0 aliphatic rings. The van der Waals surface area contributed by atoms with E-state index >= 15 is 0 Å². The minimum Gasteiger partial charge on any atom is -0.481 e.